The Morgan fingerprint density at radius 3 is 2.52 bits per heavy atom. The first-order chi connectivity index (χ1) is 10.3. The van der Waals surface area contributed by atoms with E-state index in [2.05, 4.69) is 21.6 Å². The first-order valence-corrected chi connectivity index (χ1v) is 6.38. The number of hydrogen-bond acceptors (Lipinski definition) is 5. The highest BCUT2D eigenvalue weighted by Gasteiger charge is 2.16. The molecule has 2 aromatic carbocycles. The Kier molecular flexibility index (Phi) is 3.31. The molecule has 0 atom stereocenters. The van der Waals surface area contributed by atoms with Crippen molar-refractivity contribution >= 4 is 11.6 Å². The van der Waals surface area contributed by atoms with Crippen LogP contribution in [0.4, 0.5) is 11.6 Å². The van der Waals surface area contributed by atoms with Crippen LogP contribution in [0.3, 0.4) is 0 Å². The third-order valence-corrected chi connectivity index (χ3v) is 3.14. The summed E-state index contributed by atoms with van der Waals surface area (Å²) in [6, 6.07) is 19.1. The molecule has 102 valence electrons. The first kappa shape index (κ1) is 12.8. The Balaban J connectivity index is 2.06. The molecule has 6 heteroatoms. The molecule has 0 aliphatic heterocycles. The number of nitrogens with zero attached hydrogens (tertiary/aromatic N) is 6. The highest BCUT2D eigenvalue weighted by molar-refractivity contribution is 5.65. The molecule has 21 heavy (non-hydrogen) atoms. The summed E-state index contributed by atoms with van der Waals surface area (Å²) in [7, 11) is 1.83. The summed E-state index contributed by atoms with van der Waals surface area (Å²) in [5.41, 5.74) is 2.19. The van der Waals surface area contributed by atoms with Crippen LogP contribution >= 0.6 is 0 Å². The smallest absolute Gasteiger partial charge is 0.254 e. The van der Waals surface area contributed by atoms with E-state index in [4.69, 9.17) is 0 Å². The minimum absolute atomic E-state index is 0.545. The molecular formula is C15H12N6. The van der Waals surface area contributed by atoms with Crippen LogP contribution in [0.2, 0.25) is 0 Å². The molecular weight excluding hydrogens is 264 g/mol. The number of anilines is 2. The summed E-state index contributed by atoms with van der Waals surface area (Å²) in [6.45, 7) is 0. The van der Waals surface area contributed by atoms with Crippen LogP contribution in [0.1, 0.15) is 5.56 Å². The van der Waals surface area contributed by atoms with E-state index in [0.717, 1.165) is 11.4 Å². The third-order valence-electron chi connectivity index (χ3n) is 3.14. The number of benzene rings is 2. The number of rotatable bonds is 3. The fourth-order valence-electron chi connectivity index (χ4n) is 2.10. The number of aromatic nitrogens is 4. The SMILES string of the molecule is CN(c1ccccc1C#N)c1nnnn1-c1ccccc1. The van der Waals surface area contributed by atoms with Crippen molar-refractivity contribution in [3.63, 3.8) is 0 Å². The predicted molar refractivity (Wildman–Crippen MR) is 78.4 cm³/mol. The number of nitriles is 1. The van der Waals surface area contributed by atoms with Gasteiger partial charge in [-0.2, -0.15) is 9.94 Å². The van der Waals surface area contributed by atoms with Gasteiger partial charge in [-0.25, -0.2) is 0 Å². The van der Waals surface area contributed by atoms with Gasteiger partial charge < -0.3 is 4.90 Å². The van der Waals surface area contributed by atoms with E-state index in [9.17, 15) is 5.26 Å². The normalized spacial score (nSPS) is 10.1. The van der Waals surface area contributed by atoms with Crippen LogP contribution in [-0.4, -0.2) is 27.3 Å². The molecule has 1 heterocycles. The van der Waals surface area contributed by atoms with Crippen LogP contribution in [0, 0.1) is 11.3 Å². The van der Waals surface area contributed by atoms with Crippen LogP contribution in [0.25, 0.3) is 5.69 Å². The van der Waals surface area contributed by atoms with Gasteiger partial charge in [0.1, 0.15) is 6.07 Å². The van der Waals surface area contributed by atoms with Gasteiger partial charge in [0.25, 0.3) is 5.95 Å². The Hall–Kier alpha value is -3.20. The van der Waals surface area contributed by atoms with E-state index in [1.807, 2.05) is 55.6 Å². The lowest BCUT2D eigenvalue weighted by Crippen LogP contribution is -2.16. The summed E-state index contributed by atoms with van der Waals surface area (Å²) in [4.78, 5) is 1.80. The maximum Gasteiger partial charge on any atom is 0.254 e. The summed E-state index contributed by atoms with van der Waals surface area (Å²) in [5, 5.41) is 21.0. The zero-order valence-electron chi connectivity index (χ0n) is 11.4. The van der Waals surface area contributed by atoms with Crippen molar-refractivity contribution in [2.24, 2.45) is 0 Å². The second-order valence-electron chi connectivity index (χ2n) is 4.41. The summed E-state index contributed by atoms with van der Waals surface area (Å²) < 4.78 is 1.63. The molecule has 0 N–H and O–H groups in total. The second kappa shape index (κ2) is 5.43. The summed E-state index contributed by atoms with van der Waals surface area (Å²) in [6.07, 6.45) is 0. The van der Waals surface area contributed by atoms with Crippen molar-refractivity contribution in [1.82, 2.24) is 20.2 Å². The van der Waals surface area contributed by atoms with Gasteiger partial charge in [-0.15, -0.1) is 0 Å². The van der Waals surface area contributed by atoms with Gasteiger partial charge in [0.2, 0.25) is 0 Å². The molecule has 0 amide bonds. The number of hydrogen-bond donors (Lipinski definition) is 0. The molecule has 6 nitrogen and oxygen atoms in total. The van der Waals surface area contributed by atoms with E-state index in [1.54, 1.807) is 15.6 Å². The minimum atomic E-state index is 0.545. The van der Waals surface area contributed by atoms with Crippen molar-refractivity contribution in [2.75, 3.05) is 11.9 Å². The van der Waals surface area contributed by atoms with Gasteiger partial charge in [-0.05, 0) is 34.7 Å². The monoisotopic (exact) mass is 276 g/mol. The molecule has 0 radical (unpaired) electrons. The van der Waals surface area contributed by atoms with E-state index in [-0.39, 0.29) is 0 Å². The predicted octanol–water partition coefficient (Wildman–Crippen LogP) is 2.30. The highest BCUT2D eigenvalue weighted by atomic mass is 15.6. The summed E-state index contributed by atoms with van der Waals surface area (Å²) >= 11 is 0. The Bertz CT molecular complexity index is 787. The zero-order chi connectivity index (χ0) is 14.7. The van der Waals surface area contributed by atoms with Crippen molar-refractivity contribution in [2.45, 2.75) is 0 Å². The Labute approximate surface area is 121 Å². The second-order valence-corrected chi connectivity index (χ2v) is 4.41. The Morgan fingerprint density at radius 2 is 1.76 bits per heavy atom. The molecule has 0 saturated carbocycles. The standard InChI is InChI=1S/C15H12N6/c1-20(14-10-6-5-7-12(14)11-16)15-17-18-19-21(15)13-8-3-2-4-9-13/h2-10H,1H3. The quantitative estimate of drug-likeness (QED) is 0.734. The van der Waals surface area contributed by atoms with E-state index in [0.29, 0.717) is 11.5 Å². The van der Waals surface area contributed by atoms with Gasteiger partial charge in [-0.3, -0.25) is 0 Å². The molecule has 0 bridgehead atoms. The summed E-state index contributed by atoms with van der Waals surface area (Å²) in [5.74, 6) is 0.545. The zero-order valence-corrected chi connectivity index (χ0v) is 11.4. The van der Waals surface area contributed by atoms with E-state index >= 15 is 0 Å². The van der Waals surface area contributed by atoms with Crippen LogP contribution in [0.5, 0.6) is 0 Å². The van der Waals surface area contributed by atoms with Crippen LogP contribution in [-0.2, 0) is 0 Å². The highest BCUT2D eigenvalue weighted by Crippen LogP contribution is 2.25. The fourth-order valence-corrected chi connectivity index (χ4v) is 2.10. The third kappa shape index (κ3) is 2.32. The molecule has 1 aromatic heterocycles. The lowest BCUT2D eigenvalue weighted by atomic mass is 10.2. The van der Waals surface area contributed by atoms with Crippen molar-refractivity contribution in [3.05, 3.63) is 60.2 Å². The topological polar surface area (TPSA) is 70.6 Å². The molecule has 0 saturated heterocycles. The minimum Gasteiger partial charge on any atom is -0.311 e. The molecule has 3 rings (SSSR count). The molecule has 0 unspecified atom stereocenters. The molecule has 0 aliphatic rings. The van der Waals surface area contributed by atoms with E-state index < -0.39 is 0 Å². The van der Waals surface area contributed by atoms with Crippen molar-refractivity contribution in [1.29, 1.82) is 5.26 Å². The molecule has 0 aliphatic carbocycles. The van der Waals surface area contributed by atoms with Crippen LogP contribution in [0.15, 0.2) is 54.6 Å². The van der Waals surface area contributed by atoms with Gasteiger partial charge in [0.15, 0.2) is 0 Å². The maximum absolute atomic E-state index is 9.22. The van der Waals surface area contributed by atoms with Gasteiger partial charge in [0.05, 0.1) is 16.9 Å². The molecule has 3 aromatic rings. The van der Waals surface area contributed by atoms with Gasteiger partial charge in [0, 0.05) is 7.05 Å². The van der Waals surface area contributed by atoms with Crippen LogP contribution < -0.4 is 4.90 Å². The lowest BCUT2D eigenvalue weighted by molar-refractivity contribution is 0.786. The average Bonchev–Trinajstić information content (AvgIpc) is 3.04. The van der Waals surface area contributed by atoms with E-state index in [1.165, 1.54) is 0 Å². The van der Waals surface area contributed by atoms with Gasteiger partial charge in [-0.1, -0.05) is 35.4 Å². The average molecular weight is 276 g/mol. The van der Waals surface area contributed by atoms with Gasteiger partial charge >= 0.3 is 0 Å². The molecule has 0 spiro atoms. The number of para-hydroxylation sites is 2. The largest absolute Gasteiger partial charge is 0.311 e. The molecule has 0 fully saturated rings. The van der Waals surface area contributed by atoms with Crippen molar-refractivity contribution < 1.29 is 0 Å². The maximum atomic E-state index is 9.22. The van der Waals surface area contributed by atoms with Crippen molar-refractivity contribution in [3.8, 4) is 11.8 Å². The lowest BCUT2D eigenvalue weighted by Gasteiger charge is -2.18. The Morgan fingerprint density at radius 1 is 1.05 bits per heavy atom. The fraction of sp³-hybridized carbons (Fsp3) is 0.0667. The first-order valence-electron chi connectivity index (χ1n) is 6.38. The number of tetrazole rings is 1.